The molecular weight excluding hydrogens is 1260 g/mol. The van der Waals surface area contributed by atoms with Crippen LogP contribution in [0.1, 0.15) is 172 Å². The molecule has 0 unspecified atom stereocenters. The van der Waals surface area contributed by atoms with Crippen LogP contribution in [-0.4, -0.2) is 0 Å². The Hall–Kier alpha value is -11.4. The van der Waals surface area contributed by atoms with Crippen LogP contribution < -0.4 is 0 Å². The van der Waals surface area contributed by atoms with Gasteiger partial charge in [-0.2, -0.15) is 0 Å². The van der Waals surface area contributed by atoms with Crippen molar-refractivity contribution in [3.05, 3.63) is 453 Å². The van der Waals surface area contributed by atoms with E-state index in [9.17, 15) is 0 Å². The zero-order chi connectivity index (χ0) is 73.6. The summed E-state index contributed by atoms with van der Waals surface area (Å²) in [5.74, 6) is 0. The van der Waals surface area contributed by atoms with E-state index in [4.69, 9.17) is 0 Å². The third-order valence-electron chi connectivity index (χ3n) is 20.0. The van der Waals surface area contributed by atoms with Crippen LogP contribution in [0.15, 0.2) is 364 Å². The highest BCUT2D eigenvalue weighted by molar-refractivity contribution is 6.28. The lowest BCUT2D eigenvalue weighted by atomic mass is 9.53. The second kappa shape index (κ2) is 32.5. The summed E-state index contributed by atoms with van der Waals surface area (Å²) < 4.78 is 0. The first-order valence-corrected chi connectivity index (χ1v) is 37.2. The largest absolute Gasteiger partial charge is 0.0748 e. The number of hydrogen-bond acceptors (Lipinski definition) is 0. The minimum Gasteiger partial charge on any atom is -0.0622 e. The number of allylic oxidation sites excluding steroid dienone is 12. The van der Waals surface area contributed by atoms with E-state index in [-0.39, 0.29) is 21.7 Å². The molecule has 0 aliphatic heterocycles. The summed E-state index contributed by atoms with van der Waals surface area (Å²) in [7, 11) is 0. The number of rotatable bonds is 20. The van der Waals surface area contributed by atoms with E-state index < -0.39 is 5.41 Å². The Morgan fingerprint density at radius 2 is 0.314 bits per heavy atom. The van der Waals surface area contributed by atoms with Gasteiger partial charge in [0.15, 0.2) is 0 Å². The molecule has 12 aromatic carbocycles. The standard InChI is InChI=1S/C105H100/c1-101(2,3)89-65-53-77(54-66-89)61-73-93(81-37-21-13-22-38-81)97(85-45-29-17-30-46-85)105(98(86-47-31-18-32-48-86)94(82-39-23-14-24-40-82)74-62-78-55-67-90(68-56-78)102(4,5)6,99(87-49-33-19-34-50-87)95(83-41-25-15-26-42-83)75-63-79-57-69-91(70-58-79)103(7,8)9)100(88-51-35-20-36-52-88)96(84-43-27-16-28-44-84)76-64-80-59-71-92(72-60-80)104(10,11)12/h13-76H,1-12H3. The molecule has 0 saturated carbocycles. The molecule has 0 aromatic heterocycles. The van der Waals surface area contributed by atoms with Crippen LogP contribution in [0.2, 0.25) is 0 Å². The summed E-state index contributed by atoms with van der Waals surface area (Å²) in [5, 5.41) is 0. The first-order chi connectivity index (χ1) is 50.6. The van der Waals surface area contributed by atoms with Gasteiger partial charge in [0.25, 0.3) is 0 Å². The van der Waals surface area contributed by atoms with Crippen molar-refractivity contribution in [2.75, 3.05) is 0 Å². The molecule has 12 rings (SSSR count). The zero-order valence-corrected chi connectivity index (χ0v) is 63.5. The van der Waals surface area contributed by atoms with Crippen LogP contribution in [-0.2, 0) is 21.7 Å². The molecule has 0 N–H and O–H groups in total. The van der Waals surface area contributed by atoms with Crippen molar-refractivity contribution < 1.29 is 0 Å². The lowest BCUT2D eigenvalue weighted by Crippen LogP contribution is -2.32. The third kappa shape index (κ3) is 17.5. The van der Waals surface area contributed by atoms with Crippen molar-refractivity contribution in [2.24, 2.45) is 5.41 Å². The Balaban J connectivity index is 1.48. The molecule has 0 bridgehead atoms. The highest BCUT2D eigenvalue weighted by atomic mass is 14.5. The molecule has 0 fully saturated rings. The van der Waals surface area contributed by atoms with E-state index in [2.05, 4.69) is 471 Å². The van der Waals surface area contributed by atoms with Gasteiger partial charge in [-0.1, -0.05) is 471 Å². The molecule has 105 heavy (non-hydrogen) atoms. The number of benzene rings is 12. The van der Waals surface area contributed by atoms with Crippen molar-refractivity contribution in [1.82, 2.24) is 0 Å². The second-order valence-corrected chi connectivity index (χ2v) is 31.7. The summed E-state index contributed by atoms with van der Waals surface area (Å²) in [6, 6.07) is 127. The molecule has 0 heterocycles. The molecule has 0 heteroatoms. The average molecular weight is 1360 g/mol. The maximum absolute atomic E-state index is 2.44. The summed E-state index contributed by atoms with van der Waals surface area (Å²) in [5.41, 5.74) is 24.6. The monoisotopic (exact) mass is 1360 g/mol. The minimum absolute atomic E-state index is 0.0414. The topological polar surface area (TPSA) is 0 Å². The SMILES string of the molecule is CC(C)(C)c1ccc(C=CC(=C(c2ccccc2)C(C(=C(C=Cc2ccc(C(C)(C)C)cc2)c2ccccc2)c2ccccc2)(C(=C(C=Cc2ccc(C(C)(C)C)cc2)c2ccccc2)c2ccccc2)C(=C(C=Cc2ccc(C(C)(C)C)cc2)c2ccccc2)c2ccccc2)c2ccccc2)cc1. The average Bonchev–Trinajstić information content (AvgIpc) is 0.690. The quantitative estimate of drug-likeness (QED) is 0.0527. The van der Waals surface area contributed by atoms with Crippen LogP contribution in [0.25, 0.3) is 68.9 Å². The van der Waals surface area contributed by atoms with Gasteiger partial charge >= 0.3 is 0 Å². The van der Waals surface area contributed by atoms with Crippen molar-refractivity contribution >= 4 is 68.9 Å². The smallest absolute Gasteiger partial charge is 0.0622 e. The van der Waals surface area contributed by atoms with Gasteiger partial charge in [0.1, 0.15) is 0 Å². The van der Waals surface area contributed by atoms with E-state index in [0.29, 0.717) is 0 Å². The van der Waals surface area contributed by atoms with Crippen molar-refractivity contribution in [3.63, 3.8) is 0 Å². The van der Waals surface area contributed by atoms with Gasteiger partial charge in [-0.05, 0) is 155 Å². The second-order valence-electron chi connectivity index (χ2n) is 31.7. The molecule has 0 aliphatic rings. The van der Waals surface area contributed by atoms with Gasteiger partial charge in [-0.3, -0.25) is 0 Å². The molecule has 0 saturated heterocycles. The van der Waals surface area contributed by atoms with E-state index in [1.54, 1.807) is 0 Å². The Bertz CT molecular complexity index is 4430. The van der Waals surface area contributed by atoms with E-state index >= 15 is 0 Å². The molecule has 12 aromatic rings. The fourth-order valence-corrected chi connectivity index (χ4v) is 14.3. The fourth-order valence-electron chi connectivity index (χ4n) is 14.3. The summed E-state index contributed by atoms with van der Waals surface area (Å²) >= 11 is 0. The van der Waals surface area contributed by atoms with Gasteiger partial charge in [-0.25, -0.2) is 0 Å². The number of hydrogen-bond donors (Lipinski definition) is 0. The van der Waals surface area contributed by atoms with Gasteiger partial charge in [0.05, 0.1) is 5.41 Å². The van der Waals surface area contributed by atoms with E-state index in [1.807, 2.05) is 0 Å². The first-order valence-electron chi connectivity index (χ1n) is 37.2. The molecule has 0 atom stereocenters. The first kappa shape index (κ1) is 73.3. The van der Waals surface area contributed by atoms with Crippen LogP contribution >= 0.6 is 0 Å². The zero-order valence-electron chi connectivity index (χ0n) is 63.5. The van der Waals surface area contributed by atoms with Gasteiger partial charge in [0.2, 0.25) is 0 Å². The van der Waals surface area contributed by atoms with Crippen LogP contribution in [0.3, 0.4) is 0 Å². The Morgan fingerprint density at radius 1 is 0.171 bits per heavy atom. The minimum atomic E-state index is -1.47. The molecule has 0 amide bonds. The molecule has 0 aliphatic carbocycles. The van der Waals surface area contributed by atoms with Crippen LogP contribution in [0.5, 0.6) is 0 Å². The summed E-state index contributed by atoms with van der Waals surface area (Å²) in [6.45, 7) is 27.5. The third-order valence-corrected chi connectivity index (χ3v) is 20.0. The van der Waals surface area contributed by atoms with Crippen LogP contribution in [0, 0.1) is 5.41 Å². The Morgan fingerprint density at radius 3 is 0.457 bits per heavy atom. The normalized spacial score (nSPS) is 14.1. The fraction of sp³-hybridized carbons (Fsp3) is 0.162. The lowest BCUT2D eigenvalue weighted by molar-refractivity contribution is 0.590. The maximum Gasteiger partial charge on any atom is 0.0748 e. The van der Waals surface area contributed by atoms with E-state index in [0.717, 1.165) is 111 Å². The van der Waals surface area contributed by atoms with Crippen molar-refractivity contribution in [1.29, 1.82) is 0 Å². The molecule has 0 radical (unpaired) electrons. The molecule has 0 spiro atoms. The summed E-state index contributed by atoms with van der Waals surface area (Å²) in [6.07, 6.45) is 19.1. The Kier molecular flexibility index (Phi) is 22.7. The highest BCUT2D eigenvalue weighted by Gasteiger charge is 2.52. The van der Waals surface area contributed by atoms with Crippen LogP contribution in [0.4, 0.5) is 0 Å². The van der Waals surface area contributed by atoms with Gasteiger partial charge in [-0.15, -0.1) is 0 Å². The van der Waals surface area contributed by atoms with Crippen molar-refractivity contribution in [2.45, 2.75) is 105 Å². The van der Waals surface area contributed by atoms with Gasteiger partial charge in [0, 0.05) is 0 Å². The van der Waals surface area contributed by atoms with E-state index in [1.165, 1.54) is 22.3 Å². The predicted molar refractivity (Wildman–Crippen MR) is 458 cm³/mol. The highest BCUT2D eigenvalue weighted by Crippen LogP contribution is 2.68. The summed E-state index contributed by atoms with van der Waals surface area (Å²) in [4.78, 5) is 0. The maximum atomic E-state index is 2.44. The van der Waals surface area contributed by atoms with Crippen molar-refractivity contribution in [3.8, 4) is 0 Å². The molecule has 0 nitrogen and oxygen atoms in total. The van der Waals surface area contributed by atoms with Gasteiger partial charge < -0.3 is 0 Å². The Labute approximate surface area is 628 Å². The predicted octanol–water partition coefficient (Wildman–Crippen LogP) is 28.5. The molecular formula is C105H100. The lowest BCUT2D eigenvalue weighted by Gasteiger charge is -2.48. The molecule has 520 valence electrons.